The van der Waals surface area contributed by atoms with E-state index in [-0.39, 0.29) is 17.4 Å². The molecule has 24 heavy (non-hydrogen) atoms. The van der Waals surface area contributed by atoms with Gasteiger partial charge in [0.25, 0.3) is 0 Å². The second kappa shape index (κ2) is 8.63. The van der Waals surface area contributed by atoms with Gasteiger partial charge in [0.1, 0.15) is 0 Å². The summed E-state index contributed by atoms with van der Waals surface area (Å²) in [5.74, 6) is 0.186. The molecule has 0 bridgehead atoms. The number of nitrogens with zero attached hydrogens (tertiary/aromatic N) is 1. The van der Waals surface area contributed by atoms with Crippen molar-refractivity contribution >= 4 is 5.91 Å². The maximum atomic E-state index is 12.0. The first-order chi connectivity index (χ1) is 11.3. The van der Waals surface area contributed by atoms with Crippen molar-refractivity contribution in [1.82, 2.24) is 10.2 Å². The van der Waals surface area contributed by atoms with Crippen molar-refractivity contribution in [3.05, 3.63) is 0 Å². The van der Waals surface area contributed by atoms with Gasteiger partial charge in [-0.1, -0.05) is 27.7 Å². The summed E-state index contributed by atoms with van der Waals surface area (Å²) in [6.45, 7) is 14.6. The number of ether oxygens (including phenoxy) is 2. The van der Waals surface area contributed by atoms with Crippen LogP contribution in [0.1, 0.15) is 53.4 Å². The maximum absolute atomic E-state index is 12.0. The molecule has 0 aromatic carbocycles. The van der Waals surface area contributed by atoms with Gasteiger partial charge in [0, 0.05) is 38.2 Å². The Hall–Kier alpha value is -0.650. The highest BCUT2D eigenvalue weighted by atomic mass is 16.5. The fraction of sp³-hybridized carbons (Fsp3) is 0.947. The molecule has 1 heterocycles. The van der Waals surface area contributed by atoms with Gasteiger partial charge in [-0.25, -0.2) is 0 Å². The molecule has 2 aliphatic rings. The lowest BCUT2D eigenvalue weighted by Gasteiger charge is -2.33. The molecule has 1 aliphatic carbocycles. The molecule has 1 saturated heterocycles. The van der Waals surface area contributed by atoms with Gasteiger partial charge in [0.15, 0.2) is 0 Å². The number of hydrogen-bond donors (Lipinski definition) is 1. The third-order valence-electron chi connectivity index (χ3n) is 5.03. The molecule has 1 amide bonds. The van der Waals surface area contributed by atoms with Gasteiger partial charge in [0.05, 0.1) is 19.3 Å². The fourth-order valence-electron chi connectivity index (χ4n) is 2.94. The van der Waals surface area contributed by atoms with Crippen molar-refractivity contribution in [2.75, 3.05) is 46.0 Å². The molecule has 140 valence electrons. The quantitative estimate of drug-likeness (QED) is 0.655. The number of morpholine rings is 1. The molecule has 1 unspecified atom stereocenters. The Morgan fingerprint density at radius 2 is 2.08 bits per heavy atom. The van der Waals surface area contributed by atoms with Crippen LogP contribution < -0.4 is 5.32 Å². The second-order valence-corrected chi connectivity index (χ2v) is 8.84. The Bertz CT molecular complexity index is 402. The lowest BCUT2D eigenvalue weighted by atomic mass is 9.91. The summed E-state index contributed by atoms with van der Waals surface area (Å²) in [4.78, 5) is 14.4. The summed E-state index contributed by atoms with van der Waals surface area (Å²) >= 11 is 0. The van der Waals surface area contributed by atoms with Gasteiger partial charge in [-0.2, -0.15) is 0 Å². The normalized spacial score (nSPS) is 23.9. The minimum absolute atomic E-state index is 0.102. The molecule has 1 saturated carbocycles. The topological polar surface area (TPSA) is 50.8 Å². The van der Waals surface area contributed by atoms with Gasteiger partial charge in [-0.05, 0) is 31.1 Å². The van der Waals surface area contributed by atoms with Crippen LogP contribution in [0, 0.1) is 10.8 Å². The summed E-state index contributed by atoms with van der Waals surface area (Å²) < 4.78 is 11.5. The van der Waals surface area contributed by atoms with Crippen LogP contribution in [0.15, 0.2) is 0 Å². The predicted octanol–water partition coefficient (Wildman–Crippen LogP) is 2.45. The van der Waals surface area contributed by atoms with Crippen LogP contribution >= 0.6 is 0 Å². The van der Waals surface area contributed by atoms with Crippen molar-refractivity contribution in [3.63, 3.8) is 0 Å². The summed E-state index contributed by atoms with van der Waals surface area (Å²) in [6.07, 6.45) is 4.46. The van der Waals surface area contributed by atoms with E-state index in [1.165, 1.54) is 6.42 Å². The van der Waals surface area contributed by atoms with Crippen LogP contribution in [0.25, 0.3) is 0 Å². The number of carbonyl (C=O) groups excluding carboxylic acids is 1. The van der Waals surface area contributed by atoms with Crippen LogP contribution in [0.3, 0.4) is 0 Å². The molecule has 5 nitrogen and oxygen atoms in total. The highest BCUT2D eigenvalue weighted by Gasteiger charge is 2.44. The third-order valence-corrected chi connectivity index (χ3v) is 5.03. The molecule has 1 N–H and O–H groups in total. The Labute approximate surface area is 147 Å². The zero-order chi connectivity index (χ0) is 17.6. The van der Waals surface area contributed by atoms with Gasteiger partial charge in [0.2, 0.25) is 5.91 Å². The molecule has 2 fully saturated rings. The van der Waals surface area contributed by atoms with E-state index in [1.807, 2.05) is 6.92 Å². The molecule has 0 spiro atoms. The summed E-state index contributed by atoms with van der Waals surface area (Å²) in [6, 6.07) is 0. The Morgan fingerprint density at radius 1 is 1.33 bits per heavy atom. The van der Waals surface area contributed by atoms with Crippen molar-refractivity contribution in [3.8, 4) is 0 Å². The number of nitrogens with one attached hydrogen (secondary N) is 1. The van der Waals surface area contributed by atoms with Gasteiger partial charge in [-0.15, -0.1) is 0 Å². The average molecular weight is 341 g/mol. The highest BCUT2D eigenvalue weighted by molar-refractivity contribution is 5.84. The summed E-state index contributed by atoms with van der Waals surface area (Å²) in [5, 5.41) is 3.05. The molecule has 0 aromatic heterocycles. The van der Waals surface area contributed by atoms with E-state index < -0.39 is 0 Å². The van der Waals surface area contributed by atoms with E-state index in [2.05, 4.69) is 31.0 Å². The summed E-state index contributed by atoms with van der Waals surface area (Å²) in [7, 11) is 0. The predicted molar refractivity (Wildman–Crippen MR) is 96.0 cm³/mol. The van der Waals surface area contributed by atoms with E-state index in [0.29, 0.717) is 12.0 Å². The minimum Gasteiger partial charge on any atom is -0.380 e. The van der Waals surface area contributed by atoms with E-state index in [1.54, 1.807) is 0 Å². The van der Waals surface area contributed by atoms with Crippen molar-refractivity contribution in [2.45, 2.75) is 59.5 Å². The lowest BCUT2D eigenvalue weighted by molar-refractivity contribution is -0.127. The smallest absolute Gasteiger partial charge is 0.226 e. The Kier molecular flexibility index (Phi) is 7.08. The Balaban J connectivity index is 1.53. The monoisotopic (exact) mass is 340 g/mol. The van der Waals surface area contributed by atoms with Crippen LogP contribution in [-0.2, 0) is 14.3 Å². The summed E-state index contributed by atoms with van der Waals surface area (Å²) in [5.41, 5.74) is 0.290. The molecule has 0 radical (unpaired) electrons. The Morgan fingerprint density at radius 3 is 2.75 bits per heavy atom. The van der Waals surface area contributed by atoms with Gasteiger partial charge < -0.3 is 14.8 Å². The first kappa shape index (κ1) is 19.7. The molecule has 0 aromatic rings. The highest BCUT2D eigenvalue weighted by Crippen LogP contribution is 2.44. The molecule has 1 aliphatic heterocycles. The largest absolute Gasteiger partial charge is 0.380 e. The maximum Gasteiger partial charge on any atom is 0.226 e. The lowest BCUT2D eigenvalue weighted by Crippen LogP contribution is -2.49. The van der Waals surface area contributed by atoms with E-state index in [0.717, 1.165) is 58.7 Å². The van der Waals surface area contributed by atoms with E-state index in [9.17, 15) is 4.79 Å². The standard InChI is InChI=1S/C19H36N2O3/c1-18(2,3)6-5-11-23-12-9-21-10-13-24-16(15-21)14-20-17(22)19(4)7-8-19/h16H,5-15H2,1-4H3,(H,20,22). The van der Waals surface area contributed by atoms with E-state index in [4.69, 9.17) is 9.47 Å². The molecule has 1 atom stereocenters. The van der Waals surface area contributed by atoms with Crippen LogP contribution in [0.5, 0.6) is 0 Å². The molecule has 5 heteroatoms. The van der Waals surface area contributed by atoms with Crippen molar-refractivity contribution < 1.29 is 14.3 Å². The number of amides is 1. The first-order valence-electron chi connectivity index (χ1n) is 9.49. The molecular formula is C19H36N2O3. The van der Waals surface area contributed by atoms with Crippen molar-refractivity contribution in [1.29, 1.82) is 0 Å². The zero-order valence-corrected chi connectivity index (χ0v) is 16.0. The van der Waals surface area contributed by atoms with Crippen LogP contribution in [0.4, 0.5) is 0 Å². The second-order valence-electron chi connectivity index (χ2n) is 8.84. The third kappa shape index (κ3) is 7.08. The zero-order valence-electron chi connectivity index (χ0n) is 16.0. The average Bonchev–Trinajstić information content (AvgIpc) is 3.27. The minimum atomic E-state index is -0.102. The molecular weight excluding hydrogens is 304 g/mol. The van der Waals surface area contributed by atoms with Crippen LogP contribution in [-0.4, -0.2) is 62.9 Å². The van der Waals surface area contributed by atoms with Gasteiger partial charge in [-0.3, -0.25) is 9.69 Å². The fourth-order valence-corrected chi connectivity index (χ4v) is 2.94. The van der Waals surface area contributed by atoms with Gasteiger partial charge >= 0.3 is 0 Å². The van der Waals surface area contributed by atoms with E-state index >= 15 is 0 Å². The SMILES string of the molecule is CC(C)(C)CCCOCCN1CCOC(CNC(=O)C2(C)CC2)C1. The van der Waals surface area contributed by atoms with Crippen LogP contribution in [0.2, 0.25) is 0 Å². The number of hydrogen-bond acceptors (Lipinski definition) is 4. The van der Waals surface area contributed by atoms with Crippen molar-refractivity contribution in [2.24, 2.45) is 10.8 Å². The molecule has 2 rings (SSSR count). The first-order valence-corrected chi connectivity index (χ1v) is 9.49. The number of rotatable bonds is 9. The number of carbonyl (C=O) groups is 1.